The number of nitrogens with two attached hydrogens (primary N) is 1. The van der Waals surface area contributed by atoms with Crippen molar-refractivity contribution in [2.75, 3.05) is 31.4 Å². The van der Waals surface area contributed by atoms with Crippen molar-refractivity contribution in [3.63, 3.8) is 0 Å². The number of anilines is 2. The van der Waals surface area contributed by atoms with E-state index >= 15 is 0 Å². The van der Waals surface area contributed by atoms with Crippen LogP contribution in [0.3, 0.4) is 0 Å². The standard InChI is InChI=1S/C10H16N8O2/c1-20-4-7(2-3-19)14-9-15-8(11)16-10(17-9)18-6-12-5-13-18/h5-7,19H,2-4H2,1H3,(H3,11,14,15,16,17). The monoisotopic (exact) mass is 280 g/mol. The molecule has 0 spiro atoms. The average Bonchev–Trinajstić information content (AvgIpc) is 2.92. The first-order chi connectivity index (χ1) is 9.72. The van der Waals surface area contributed by atoms with Crippen molar-refractivity contribution in [2.24, 2.45) is 0 Å². The number of methoxy groups -OCH3 is 1. The van der Waals surface area contributed by atoms with Gasteiger partial charge in [0.15, 0.2) is 0 Å². The van der Waals surface area contributed by atoms with Gasteiger partial charge >= 0.3 is 0 Å². The Morgan fingerprint density at radius 3 is 2.95 bits per heavy atom. The summed E-state index contributed by atoms with van der Waals surface area (Å²) >= 11 is 0. The van der Waals surface area contributed by atoms with Crippen LogP contribution in [0, 0.1) is 0 Å². The smallest absolute Gasteiger partial charge is 0.258 e. The number of aliphatic hydroxyl groups excluding tert-OH is 1. The molecule has 0 saturated carbocycles. The number of rotatable bonds is 7. The zero-order valence-corrected chi connectivity index (χ0v) is 11.0. The van der Waals surface area contributed by atoms with Crippen molar-refractivity contribution >= 4 is 11.9 Å². The Bertz CT molecular complexity index is 526. The van der Waals surface area contributed by atoms with Gasteiger partial charge in [-0.1, -0.05) is 0 Å². The number of hydrogen-bond donors (Lipinski definition) is 3. The minimum Gasteiger partial charge on any atom is -0.396 e. The molecule has 0 radical (unpaired) electrons. The Labute approximate surface area is 115 Å². The molecule has 2 aromatic heterocycles. The maximum absolute atomic E-state index is 9.00. The van der Waals surface area contributed by atoms with Gasteiger partial charge in [0, 0.05) is 13.7 Å². The molecule has 20 heavy (non-hydrogen) atoms. The fourth-order valence-corrected chi connectivity index (χ4v) is 1.60. The Hall–Kier alpha value is -2.33. The number of aromatic nitrogens is 6. The number of nitrogen functional groups attached to an aromatic ring is 1. The van der Waals surface area contributed by atoms with Gasteiger partial charge in [0.1, 0.15) is 12.7 Å². The van der Waals surface area contributed by atoms with E-state index in [-0.39, 0.29) is 24.5 Å². The first-order valence-corrected chi connectivity index (χ1v) is 5.96. The lowest BCUT2D eigenvalue weighted by Crippen LogP contribution is -2.27. The van der Waals surface area contributed by atoms with E-state index in [1.165, 1.54) is 17.3 Å². The number of nitrogens with zero attached hydrogens (tertiary/aromatic N) is 6. The van der Waals surface area contributed by atoms with Crippen molar-refractivity contribution in [2.45, 2.75) is 12.5 Å². The van der Waals surface area contributed by atoms with Crippen LogP contribution in [0.25, 0.3) is 5.95 Å². The second-order valence-electron chi connectivity index (χ2n) is 3.97. The molecule has 0 aliphatic heterocycles. The predicted molar refractivity (Wildman–Crippen MR) is 70.1 cm³/mol. The van der Waals surface area contributed by atoms with Crippen LogP contribution in [0.15, 0.2) is 12.7 Å². The molecule has 1 unspecified atom stereocenters. The van der Waals surface area contributed by atoms with Crippen molar-refractivity contribution in [3.8, 4) is 5.95 Å². The van der Waals surface area contributed by atoms with Gasteiger partial charge in [-0.2, -0.15) is 24.7 Å². The van der Waals surface area contributed by atoms with Gasteiger partial charge in [-0.3, -0.25) is 0 Å². The minimum atomic E-state index is -0.129. The molecular weight excluding hydrogens is 264 g/mol. The molecule has 10 nitrogen and oxygen atoms in total. The first-order valence-electron chi connectivity index (χ1n) is 5.96. The van der Waals surface area contributed by atoms with E-state index in [2.05, 4.69) is 30.4 Å². The molecule has 0 aromatic carbocycles. The van der Waals surface area contributed by atoms with Gasteiger partial charge in [0.05, 0.1) is 12.6 Å². The Morgan fingerprint density at radius 1 is 1.45 bits per heavy atom. The van der Waals surface area contributed by atoms with Crippen LogP contribution >= 0.6 is 0 Å². The van der Waals surface area contributed by atoms with Gasteiger partial charge in [-0.25, -0.2) is 4.98 Å². The summed E-state index contributed by atoms with van der Waals surface area (Å²) in [6.45, 7) is 0.433. The summed E-state index contributed by atoms with van der Waals surface area (Å²) in [4.78, 5) is 16.0. The van der Waals surface area contributed by atoms with E-state index in [0.717, 1.165) is 0 Å². The van der Waals surface area contributed by atoms with Crippen LogP contribution in [-0.4, -0.2) is 61.2 Å². The molecule has 0 aliphatic carbocycles. The zero-order chi connectivity index (χ0) is 14.4. The van der Waals surface area contributed by atoms with Gasteiger partial charge in [0.2, 0.25) is 11.9 Å². The summed E-state index contributed by atoms with van der Waals surface area (Å²) in [6, 6.07) is -0.129. The Balaban J connectivity index is 2.19. The third kappa shape index (κ3) is 3.59. The SMILES string of the molecule is COCC(CCO)Nc1nc(N)nc(-n2cncn2)n1. The summed E-state index contributed by atoms with van der Waals surface area (Å²) in [5.41, 5.74) is 5.64. The van der Waals surface area contributed by atoms with Crippen molar-refractivity contribution in [3.05, 3.63) is 12.7 Å². The number of nitrogens with one attached hydrogen (secondary N) is 1. The molecule has 4 N–H and O–H groups in total. The van der Waals surface area contributed by atoms with Crippen molar-refractivity contribution in [1.82, 2.24) is 29.7 Å². The highest BCUT2D eigenvalue weighted by atomic mass is 16.5. The molecule has 108 valence electrons. The maximum atomic E-state index is 9.00. The summed E-state index contributed by atoms with van der Waals surface area (Å²) in [7, 11) is 1.58. The van der Waals surface area contributed by atoms with Crippen LogP contribution < -0.4 is 11.1 Å². The topological polar surface area (TPSA) is 137 Å². The molecule has 0 amide bonds. The fourth-order valence-electron chi connectivity index (χ4n) is 1.60. The molecule has 10 heteroatoms. The Morgan fingerprint density at radius 2 is 2.30 bits per heavy atom. The van der Waals surface area contributed by atoms with E-state index in [1.807, 2.05) is 0 Å². The lowest BCUT2D eigenvalue weighted by atomic mass is 10.2. The molecule has 0 fully saturated rings. The van der Waals surface area contributed by atoms with E-state index in [9.17, 15) is 0 Å². The molecule has 1 atom stereocenters. The highest BCUT2D eigenvalue weighted by Crippen LogP contribution is 2.08. The Kier molecular flexibility index (Phi) is 4.74. The van der Waals surface area contributed by atoms with Crippen LogP contribution in [0.1, 0.15) is 6.42 Å². The zero-order valence-electron chi connectivity index (χ0n) is 11.0. The van der Waals surface area contributed by atoms with E-state index in [1.54, 1.807) is 7.11 Å². The molecule has 2 heterocycles. The molecule has 2 rings (SSSR count). The first kappa shape index (κ1) is 14.1. The van der Waals surface area contributed by atoms with Crippen molar-refractivity contribution in [1.29, 1.82) is 0 Å². The van der Waals surface area contributed by atoms with Gasteiger partial charge < -0.3 is 20.9 Å². The molecule has 0 saturated heterocycles. The fraction of sp³-hybridized carbons (Fsp3) is 0.500. The molecule has 0 bridgehead atoms. The van der Waals surface area contributed by atoms with Gasteiger partial charge in [-0.05, 0) is 6.42 Å². The second-order valence-corrected chi connectivity index (χ2v) is 3.97. The summed E-state index contributed by atoms with van der Waals surface area (Å²) in [6.07, 6.45) is 3.32. The largest absolute Gasteiger partial charge is 0.396 e. The lowest BCUT2D eigenvalue weighted by Gasteiger charge is -2.16. The summed E-state index contributed by atoms with van der Waals surface area (Å²) in [5.74, 6) is 0.615. The summed E-state index contributed by atoms with van der Waals surface area (Å²) < 4.78 is 6.43. The molecule has 0 aliphatic rings. The van der Waals surface area contributed by atoms with Crippen LogP contribution in [0.5, 0.6) is 0 Å². The normalized spacial score (nSPS) is 12.3. The van der Waals surface area contributed by atoms with Crippen molar-refractivity contribution < 1.29 is 9.84 Å². The quantitative estimate of drug-likeness (QED) is 0.573. The van der Waals surface area contributed by atoms with Gasteiger partial charge in [0.25, 0.3) is 5.95 Å². The van der Waals surface area contributed by atoms with E-state index < -0.39 is 0 Å². The highest BCUT2D eigenvalue weighted by Gasteiger charge is 2.12. The second kappa shape index (κ2) is 6.73. The third-order valence-electron chi connectivity index (χ3n) is 2.44. The minimum absolute atomic E-state index is 0.0253. The van der Waals surface area contributed by atoms with E-state index in [4.69, 9.17) is 15.6 Å². The number of hydrogen-bond acceptors (Lipinski definition) is 9. The average molecular weight is 280 g/mol. The van der Waals surface area contributed by atoms with Crippen LogP contribution in [-0.2, 0) is 4.74 Å². The van der Waals surface area contributed by atoms with Crippen LogP contribution in [0.4, 0.5) is 11.9 Å². The number of aliphatic hydroxyl groups is 1. The molecular formula is C10H16N8O2. The summed E-state index contributed by atoms with van der Waals surface area (Å²) in [5, 5.41) is 16.0. The number of ether oxygens (including phenoxy) is 1. The lowest BCUT2D eigenvalue weighted by molar-refractivity contribution is 0.170. The van der Waals surface area contributed by atoms with Gasteiger partial charge in [-0.15, -0.1) is 0 Å². The van der Waals surface area contributed by atoms with Crippen LogP contribution in [0.2, 0.25) is 0 Å². The maximum Gasteiger partial charge on any atom is 0.258 e. The highest BCUT2D eigenvalue weighted by molar-refractivity contribution is 5.35. The third-order valence-corrected chi connectivity index (χ3v) is 2.44. The van der Waals surface area contributed by atoms with E-state index in [0.29, 0.717) is 19.0 Å². The molecule has 2 aromatic rings. The predicted octanol–water partition coefficient (Wildman–Crippen LogP) is -1.16.